The molecule has 0 unspecified atom stereocenters. The second-order valence-electron chi connectivity index (χ2n) is 8.69. The summed E-state index contributed by atoms with van der Waals surface area (Å²) in [6.07, 6.45) is 2.37. The van der Waals surface area contributed by atoms with Crippen LogP contribution in [0.3, 0.4) is 0 Å². The van der Waals surface area contributed by atoms with Gasteiger partial charge in [0.25, 0.3) is 15.9 Å². The van der Waals surface area contributed by atoms with Crippen molar-refractivity contribution in [1.29, 1.82) is 0 Å². The van der Waals surface area contributed by atoms with E-state index >= 15 is 0 Å². The summed E-state index contributed by atoms with van der Waals surface area (Å²) in [5.41, 5.74) is 3.64. The van der Waals surface area contributed by atoms with E-state index in [9.17, 15) is 13.2 Å². The predicted octanol–water partition coefficient (Wildman–Crippen LogP) is 4.41. The van der Waals surface area contributed by atoms with E-state index in [0.717, 1.165) is 22.4 Å². The van der Waals surface area contributed by atoms with Crippen LogP contribution in [0, 0.1) is 6.92 Å². The van der Waals surface area contributed by atoms with Crippen molar-refractivity contribution < 1.29 is 17.9 Å². The molecule has 0 spiro atoms. The number of ether oxygens (including phenoxy) is 1. The Hall–Kier alpha value is -3.19. The molecule has 1 amide bonds. The van der Waals surface area contributed by atoms with Gasteiger partial charge in [0.2, 0.25) is 0 Å². The number of carbonyl (C=O) groups is 1. The van der Waals surface area contributed by atoms with Gasteiger partial charge in [0.15, 0.2) is 0 Å². The highest BCUT2D eigenvalue weighted by molar-refractivity contribution is 7.90. The normalized spacial score (nSPS) is 11.8. The highest BCUT2D eigenvalue weighted by Crippen LogP contribution is 2.30. The van der Waals surface area contributed by atoms with Crippen molar-refractivity contribution in [3.05, 3.63) is 88.7 Å². The zero-order valence-corrected chi connectivity index (χ0v) is 19.8. The van der Waals surface area contributed by atoms with Crippen LogP contribution in [0.4, 0.5) is 0 Å². The van der Waals surface area contributed by atoms with Crippen LogP contribution < -0.4 is 9.46 Å². The quantitative estimate of drug-likeness (QED) is 0.599. The molecule has 0 aliphatic rings. The molecule has 0 atom stereocenters. The van der Waals surface area contributed by atoms with E-state index in [1.807, 2.05) is 58.0 Å². The zero-order valence-electron chi connectivity index (χ0n) is 19.0. The molecule has 2 aromatic carbocycles. The van der Waals surface area contributed by atoms with Crippen molar-refractivity contribution in [3.8, 4) is 5.75 Å². The average Bonchev–Trinajstić information content (AvgIpc) is 2.74. The van der Waals surface area contributed by atoms with E-state index in [-0.39, 0.29) is 21.6 Å². The van der Waals surface area contributed by atoms with Crippen LogP contribution in [0.5, 0.6) is 5.75 Å². The molecular weight excluding hydrogens is 424 g/mol. The first-order valence-electron chi connectivity index (χ1n) is 10.3. The summed E-state index contributed by atoms with van der Waals surface area (Å²) in [4.78, 5) is 17.1. The highest BCUT2D eigenvalue weighted by atomic mass is 32.2. The molecule has 1 aromatic heterocycles. The van der Waals surface area contributed by atoms with Gasteiger partial charge in [-0.25, -0.2) is 13.1 Å². The molecule has 3 aromatic rings. The summed E-state index contributed by atoms with van der Waals surface area (Å²) in [7, 11) is -2.74. The average molecular weight is 453 g/mol. The Kier molecular flexibility index (Phi) is 6.69. The number of aromatic nitrogens is 1. The largest absolute Gasteiger partial charge is 0.495 e. The van der Waals surface area contributed by atoms with Crippen LogP contribution in [-0.4, -0.2) is 26.4 Å². The van der Waals surface area contributed by atoms with Crippen LogP contribution in [0.2, 0.25) is 0 Å². The summed E-state index contributed by atoms with van der Waals surface area (Å²) in [5, 5.41) is 0. The zero-order chi connectivity index (χ0) is 23.5. The molecule has 32 heavy (non-hydrogen) atoms. The molecule has 7 heteroatoms. The maximum absolute atomic E-state index is 13.0. The Bertz CT molecular complexity index is 1230. The molecule has 0 saturated carbocycles. The van der Waals surface area contributed by atoms with Gasteiger partial charge in [-0.2, -0.15) is 0 Å². The number of rotatable bonds is 6. The number of carbonyl (C=O) groups excluding carboxylic acids is 1. The lowest BCUT2D eigenvalue weighted by Gasteiger charge is -2.21. The van der Waals surface area contributed by atoms with Crippen LogP contribution >= 0.6 is 0 Å². The topological polar surface area (TPSA) is 85.4 Å². The molecule has 0 radical (unpaired) electrons. The van der Waals surface area contributed by atoms with Gasteiger partial charge < -0.3 is 4.74 Å². The third kappa shape index (κ3) is 5.34. The van der Waals surface area contributed by atoms with E-state index in [4.69, 9.17) is 4.74 Å². The molecule has 1 heterocycles. The number of benzene rings is 2. The molecule has 3 rings (SSSR count). The van der Waals surface area contributed by atoms with Crippen molar-refractivity contribution in [2.45, 2.75) is 44.4 Å². The van der Waals surface area contributed by atoms with Crippen molar-refractivity contribution >= 4 is 15.9 Å². The van der Waals surface area contributed by atoms with Gasteiger partial charge in [0.05, 0.1) is 7.11 Å². The molecule has 0 aliphatic heterocycles. The fourth-order valence-corrected chi connectivity index (χ4v) is 4.49. The summed E-state index contributed by atoms with van der Waals surface area (Å²) in [5.74, 6) is -0.513. The Morgan fingerprint density at radius 2 is 1.81 bits per heavy atom. The Morgan fingerprint density at radius 3 is 2.41 bits per heavy atom. The summed E-state index contributed by atoms with van der Waals surface area (Å²) >= 11 is 0. The SMILES string of the molecule is COc1ccc(C(C)(C)C)cc1S(=O)(=O)NC(=O)c1ccc(Cc2ccccn2)c(C)c1. The van der Waals surface area contributed by atoms with Crippen LogP contribution in [0.1, 0.15) is 53.5 Å². The van der Waals surface area contributed by atoms with Crippen LogP contribution in [0.15, 0.2) is 65.7 Å². The first-order chi connectivity index (χ1) is 15.0. The molecule has 0 aliphatic carbocycles. The van der Waals surface area contributed by atoms with Crippen molar-refractivity contribution in [1.82, 2.24) is 9.71 Å². The summed E-state index contributed by atoms with van der Waals surface area (Å²) in [6, 6.07) is 15.8. The van der Waals surface area contributed by atoms with E-state index in [2.05, 4.69) is 9.71 Å². The molecule has 0 saturated heterocycles. The van der Waals surface area contributed by atoms with Gasteiger partial charge >= 0.3 is 0 Å². The highest BCUT2D eigenvalue weighted by Gasteiger charge is 2.26. The monoisotopic (exact) mass is 452 g/mol. The van der Waals surface area contributed by atoms with Gasteiger partial charge in [-0.1, -0.05) is 39.0 Å². The lowest BCUT2D eigenvalue weighted by atomic mass is 9.87. The van der Waals surface area contributed by atoms with Crippen molar-refractivity contribution in [2.24, 2.45) is 0 Å². The van der Waals surface area contributed by atoms with Gasteiger partial charge in [-0.3, -0.25) is 9.78 Å². The minimum absolute atomic E-state index is 0.0655. The Balaban J connectivity index is 1.86. The second-order valence-corrected chi connectivity index (χ2v) is 10.3. The van der Waals surface area contributed by atoms with E-state index in [1.165, 1.54) is 7.11 Å². The van der Waals surface area contributed by atoms with Gasteiger partial charge in [0, 0.05) is 23.9 Å². The number of amides is 1. The van der Waals surface area contributed by atoms with Gasteiger partial charge in [-0.15, -0.1) is 0 Å². The van der Waals surface area contributed by atoms with Crippen molar-refractivity contribution in [2.75, 3.05) is 7.11 Å². The molecular formula is C25H28N2O4S. The molecule has 0 bridgehead atoms. The molecule has 168 valence electrons. The number of hydrogen-bond donors (Lipinski definition) is 1. The minimum Gasteiger partial charge on any atom is -0.495 e. The maximum Gasteiger partial charge on any atom is 0.268 e. The first-order valence-corrected chi connectivity index (χ1v) is 11.7. The fourth-order valence-electron chi connectivity index (χ4n) is 3.32. The lowest BCUT2D eigenvalue weighted by Crippen LogP contribution is -2.31. The third-order valence-electron chi connectivity index (χ3n) is 5.25. The number of aryl methyl sites for hydroxylation is 1. The fraction of sp³-hybridized carbons (Fsp3) is 0.280. The molecule has 6 nitrogen and oxygen atoms in total. The first kappa shape index (κ1) is 23.5. The number of nitrogens with zero attached hydrogens (tertiary/aromatic N) is 1. The number of pyridine rings is 1. The van der Waals surface area contributed by atoms with Gasteiger partial charge in [-0.05, 0) is 65.4 Å². The standard InChI is InChI=1S/C25H28N2O4S/c1-17-14-19(10-9-18(17)15-21-8-6-7-13-26-21)24(28)27-32(29,30)23-16-20(25(2,3)4)11-12-22(23)31-5/h6-14,16H,15H2,1-5H3,(H,27,28). The third-order valence-corrected chi connectivity index (χ3v) is 6.60. The molecule has 0 fully saturated rings. The maximum atomic E-state index is 13.0. The lowest BCUT2D eigenvalue weighted by molar-refractivity contribution is 0.0981. The number of methoxy groups -OCH3 is 1. The predicted molar refractivity (Wildman–Crippen MR) is 125 cm³/mol. The van der Waals surface area contributed by atoms with E-state index < -0.39 is 15.9 Å². The summed E-state index contributed by atoms with van der Waals surface area (Å²) < 4.78 is 33.5. The second kappa shape index (κ2) is 9.12. The van der Waals surface area contributed by atoms with Gasteiger partial charge in [0.1, 0.15) is 10.6 Å². The Morgan fingerprint density at radius 1 is 1.06 bits per heavy atom. The van der Waals surface area contributed by atoms with Crippen LogP contribution in [-0.2, 0) is 21.9 Å². The van der Waals surface area contributed by atoms with Crippen LogP contribution in [0.25, 0.3) is 0 Å². The number of hydrogen-bond acceptors (Lipinski definition) is 5. The minimum atomic E-state index is -4.14. The number of sulfonamides is 1. The number of nitrogens with one attached hydrogen (secondary N) is 1. The van der Waals surface area contributed by atoms with E-state index in [1.54, 1.807) is 30.5 Å². The molecule has 1 N–H and O–H groups in total. The smallest absolute Gasteiger partial charge is 0.268 e. The Labute approximate surface area is 189 Å². The van der Waals surface area contributed by atoms with Crippen molar-refractivity contribution in [3.63, 3.8) is 0 Å². The summed E-state index contributed by atoms with van der Waals surface area (Å²) in [6.45, 7) is 7.84. The van der Waals surface area contributed by atoms with E-state index in [0.29, 0.717) is 6.42 Å².